The fourth-order valence-electron chi connectivity index (χ4n) is 2.90. The van der Waals surface area contributed by atoms with E-state index < -0.39 is 10.0 Å². The smallest absolute Gasteiger partial charge is 0.244 e. The van der Waals surface area contributed by atoms with Crippen LogP contribution in [0.1, 0.15) is 12.0 Å². The third kappa shape index (κ3) is 4.30. The molecular formula is C16H23N3O3S. The van der Waals surface area contributed by atoms with E-state index in [9.17, 15) is 8.42 Å². The average molecular weight is 337 g/mol. The molecule has 1 aliphatic heterocycles. The Morgan fingerprint density at radius 1 is 1.43 bits per heavy atom. The summed E-state index contributed by atoms with van der Waals surface area (Å²) in [5.74, 6) is 0.306. The molecule has 0 amide bonds. The van der Waals surface area contributed by atoms with Gasteiger partial charge in [-0.2, -0.15) is 5.26 Å². The summed E-state index contributed by atoms with van der Waals surface area (Å²) in [4.78, 5) is 2.37. The Balaban J connectivity index is 2.03. The van der Waals surface area contributed by atoms with Gasteiger partial charge in [-0.15, -0.1) is 0 Å². The molecular weight excluding hydrogens is 314 g/mol. The molecule has 1 aromatic carbocycles. The highest BCUT2D eigenvalue weighted by atomic mass is 32.2. The number of likely N-dealkylation sites (tertiary alicyclic amines) is 1. The van der Waals surface area contributed by atoms with Crippen LogP contribution in [-0.2, 0) is 14.8 Å². The van der Waals surface area contributed by atoms with E-state index in [4.69, 9.17) is 10.00 Å². The van der Waals surface area contributed by atoms with E-state index in [0.717, 1.165) is 26.1 Å². The topological polar surface area (TPSA) is 73.6 Å². The van der Waals surface area contributed by atoms with E-state index in [-0.39, 0.29) is 10.5 Å². The van der Waals surface area contributed by atoms with Crippen LogP contribution in [0.25, 0.3) is 0 Å². The molecule has 0 bridgehead atoms. The zero-order valence-corrected chi connectivity index (χ0v) is 14.4. The van der Waals surface area contributed by atoms with Crippen molar-refractivity contribution in [2.75, 3.05) is 46.9 Å². The molecule has 1 saturated heterocycles. The summed E-state index contributed by atoms with van der Waals surface area (Å²) in [5, 5.41) is 9.11. The molecule has 1 aliphatic rings. The number of ether oxygens (including phenoxy) is 1. The van der Waals surface area contributed by atoms with Crippen molar-refractivity contribution >= 4 is 10.0 Å². The van der Waals surface area contributed by atoms with Gasteiger partial charge in [0, 0.05) is 33.8 Å². The highest BCUT2D eigenvalue weighted by Gasteiger charge is 2.29. The fraction of sp³-hybridized carbons (Fsp3) is 0.562. The highest BCUT2D eigenvalue weighted by Crippen LogP contribution is 2.22. The van der Waals surface area contributed by atoms with Gasteiger partial charge < -0.3 is 9.64 Å². The van der Waals surface area contributed by atoms with Crippen LogP contribution in [0, 0.1) is 17.2 Å². The van der Waals surface area contributed by atoms with E-state index in [1.165, 1.54) is 16.4 Å². The van der Waals surface area contributed by atoms with Crippen LogP contribution in [0.15, 0.2) is 29.2 Å². The lowest BCUT2D eigenvalue weighted by atomic mass is 10.1. The number of benzene rings is 1. The number of methoxy groups -OCH3 is 1. The second kappa shape index (κ2) is 7.88. The first-order valence-corrected chi connectivity index (χ1v) is 9.09. The molecule has 1 heterocycles. The maximum atomic E-state index is 12.7. The third-order valence-corrected chi connectivity index (χ3v) is 6.07. The molecule has 1 atom stereocenters. The van der Waals surface area contributed by atoms with Crippen molar-refractivity contribution in [2.45, 2.75) is 11.3 Å². The number of nitriles is 1. The van der Waals surface area contributed by atoms with E-state index in [0.29, 0.717) is 19.1 Å². The summed E-state index contributed by atoms with van der Waals surface area (Å²) >= 11 is 0. The average Bonchev–Trinajstić information content (AvgIpc) is 3.00. The maximum Gasteiger partial charge on any atom is 0.244 e. The van der Waals surface area contributed by atoms with Crippen molar-refractivity contribution in [1.29, 1.82) is 5.26 Å². The normalized spacial score (nSPS) is 19.1. The molecule has 23 heavy (non-hydrogen) atoms. The second-order valence-electron chi connectivity index (χ2n) is 5.84. The monoisotopic (exact) mass is 337 g/mol. The van der Waals surface area contributed by atoms with E-state index >= 15 is 0 Å². The number of nitrogens with zero attached hydrogens (tertiary/aromatic N) is 3. The lowest BCUT2D eigenvalue weighted by Gasteiger charge is -2.22. The second-order valence-corrected chi connectivity index (χ2v) is 7.85. The highest BCUT2D eigenvalue weighted by molar-refractivity contribution is 7.89. The Morgan fingerprint density at radius 2 is 2.17 bits per heavy atom. The summed E-state index contributed by atoms with van der Waals surface area (Å²) in [5.41, 5.74) is 0.187. The summed E-state index contributed by atoms with van der Waals surface area (Å²) in [6.07, 6.45) is 0.976. The van der Waals surface area contributed by atoms with Crippen molar-refractivity contribution in [3.05, 3.63) is 29.8 Å². The van der Waals surface area contributed by atoms with Gasteiger partial charge in [-0.05, 0) is 31.0 Å². The SMILES string of the molecule is COCCN1CC[C@@H](CN(C)S(=O)(=O)c2ccccc2C#N)C1. The zero-order valence-electron chi connectivity index (χ0n) is 13.6. The largest absolute Gasteiger partial charge is 0.383 e. The molecule has 0 aliphatic carbocycles. The van der Waals surface area contributed by atoms with E-state index in [1.54, 1.807) is 26.3 Å². The third-order valence-electron chi connectivity index (χ3n) is 4.19. The minimum Gasteiger partial charge on any atom is -0.383 e. The summed E-state index contributed by atoms with van der Waals surface area (Å²) in [6, 6.07) is 8.28. The maximum absolute atomic E-state index is 12.7. The lowest BCUT2D eigenvalue weighted by molar-refractivity contribution is 0.158. The number of hydrogen-bond acceptors (Lipinski definition) is 5. The van der Waals surface area contributed by atoms with Crippen LogP contribution >= 0.6 is 0 Å². The Bertz CT molecular complexity index is 669. The fourth-order valence-corrected chi connectivity index (χ4v) is 4.28. The molecule has 7 heteroatoms. The van der Waals surface area contributed by atoms with Gasteiger partial charge in [0.1, 0.15) is 6.07 Å². The van der Waals surface area contributed by atoms with Crippen LogP contribution in [0.3, 0.4) is 0 Å². The summed E-state index contributed by atoms with van der Waals surface area (Å²) < 4.78 is 31.8. The molecule has 0 aromatic heterocycles. The van der Waals surface area contributed by atoms with Crippen molar-refractivity contribution in [3.8, 4) is 6.07 Å². The van der Waals surface area contributed by atoms with Crippen LogP contribution in [0.4, 0.5) is 0 Å². The predicted octanol–water partition coefficient (Wildman–Crippen LogP) is 1.15. The molecule has 0 spiro atoms. The van der Waals surface area contributed by atoms with Crippen LogP contribution < -0.4 is 0 Å². The molecule has 0 N–H and O–H groups in total. The summed E-state index contributed by atoms with van der Waals surface area (Å²) in [7, 11) is -0.370. The van der Waals surface area contributed by atoms with E-state index in [2.05, 4.69) is 4.90 Å². The van der Waals surface area contributed by atoms with Crippen LogP contribution in [0.5, 0.6) is 0 Å². The number of rotatable bonds is 7. The molecule has 1 fully saturated rings. The Morgan fingerprint density at radius 3 is 2.87 bits per heavy atom. The molecule has 2 rings (SSSR count). The van der Waals surface area contributed by atoms with E-state index in [1.807, 2.05) is 6.07 Å². The Hall–Kier alpha value is -1.46. The van der Waals surface area contributed by atoms with Crippen molar-refractivity contribution in [2.24, 2.45) is 5.92 Å². The number of sulfonamides is 1. The van der Waals surface area contributed by atoms with Gasteiger partial charge in [-0.25, -0.2) is 12.7 Å². The molecule has 6 nitrogen and oxygen atoms in total. The predicted molar refractivity (Wildman–Crippen MR) is 87.4 cm³/mol. The van der Waals surface area contributed by atoms with Crippen molar-refractivity contribution in [3.63, 3.8) is 0 Å². The quantitative estimate of drug-likeness (QED) is 0.746. The number of hydrogen-bond donors (Lipinski definition) is 0. The first-order chi connectivity index (χ1) is 11.0. The van der Waals surface area contributed by atoms with Crippen molar-refractivity contribution in [1.82, 2.24) is 9.21 Å². The molecule has 0 radical (unpaired) electrons. The lowest BCUT2D eigenvalue weighted by Crippen LogP contribution is -2.34. The van der Waals surface area contributed by atoms with Gasteiger partial charge in [-0.1, -0.05) is 12.1 Å². The van der Waals surface area contributed by atoms with Crippen molar-refractivity contribution < 1.29 is 13.2 Å². The van der Waals surface area contributed by atoms with Gasteiger partial charge >= 0.3 is 0 Å². The zero-order chi connectivity index (χ0) is 16.9. The first-order valence-electron chi connectivity index (χ1n) is 7.65. The van der Waals surface area contributed by atoms with Gasteiger partial charge in [-0.3, -0.25) is 0 Å². The Labute approximate surface area is 138 Å². The molecule has 0 unspecified atom stereocenters. The molecule has 0 saturated carbocycles. The van der Waals surface area contributed by atoms with Gasteiger partial charge in [0.15, 0.2) is 0 Å². The van der Waals surface area contributed by atoms with Gasteiger partial charge in [0.2, 0.25) is 10.0 Å². The first kappa shape index (κ1) is 17.9. The standard InChI is InChI=1S/C16H23N3O3S/c1-18(12-14-7-8-19(13-14)9-10-22-2)23(20,21)16-6-4-3-5-15(16)11-17/h3-6,14H,7-10,12-13H2,1-2H3/t14-/m0/s1. The minimum atomic E-state index is -3.64. The molecule has 126 valence electrons. The van der Waals surface area contributed by atoms with Crippen LogP contribution in [0.2, 0.25) is 0 Å². The summed E-state index contributed by atoms with van der Waals surface area (Å²) in [6.45, 7) is 3.88. The Kier molecular flexibility index (Phi) is 6.13. The minimum absolute atomic E-state index is 0.0826. The van der Waals surface area contributed by atoms with Crippen LogP contribution in [-0.4, -0.2) is 64.6 Å². The molecule has 1 aromatic rings. The van der Waals surface area contributed by atoms with Gasteiger partial charge in [0.25, 0.3) is 0 Å². The van der Waals surface area contributed by atoms with Gasteiger partial charge in [0.05, 0.1) is 17.1 Å².